The van der Waals surface area contributed by atoms with Gasteiger partial charge in [-0.25, -0.2) is 0 Å². The minimum Gasteiger partial charge on any atom is -0.372 e. The maximum absolute atomic E-state index is 11.9. The molecule has 1 aliphatic rings. The first-order valence-corrected chi connectivity index (χ1v) is 7.59. The molecule has 0 aromatic heterocycles. The molecule has 0 aliphatic carbocycles. The lowest BCUT2D eigenvalue weighted by Crippen LogP contribution is -2.34. The van der Waals surface area contributed by atoms with Crippen molar-refractivity contribution in [2.45, 2.75) is 19.8 Å². The van der Waals surface area contributed by atoms with Gasteiger partial charge in [0.2, 0.25) is 5.91 Å². The summed E-state index contributed by atoms with van der Waals surface area (Å²) in [5.41, 5.74) is 1.25. The Morgan fingerprint density at radius 2 is 2.05 bits per heavy atom. The Balaban J connectivity index is 0.00000220. The summed E-state index contributed by atoms with van der Waals surface area (Å²) >= 11 is 0. The highest BCUT2D eigenvalue weighted by Gasteiger charge is 2.21. The normalized spacial score (nSPS) is 16.3. The molecular formula is C16H27Cl2N3O. The molecule has 1 unspecified atom stereocenters. The average molecular weight is 348 g/mol. The Morgan fingerprint density at radius 3 is 2.64 bits per heavy atom. The molecule has 1 fully saturated rings. The molecule has 0 radical (unpaired) electrons. The summed E-state index contributed by atoms with van der Waals surface area (Å²) in [4.78, 5) is 14.2. The summed E-state index contributed by atoms with van der Waals surface area (Å²) in [7, 11) is 0. The average Bonchev–Trinajstić information content (AvgIpc) is 3.02. The van der Waals surface area contributed by atoms with E-state index in [9.17, 15) is 4.79 Å². The van der Waals surface area contributed by atoms with E-state index in [2.05, 4.69) is 46.7 Å². The fourth-order valence-corrected chi connectivity index (χ4v) is 2.61. The van der Waals surface area contributed by atoms with Gasteiger partial charge in [0.15, 0.2) is 0 Å². The van der Waals surface area contributed by atoms with E-state index in [0.717, 1.165) is 45.6 Å². The van der Waals surface area contributed by atoms with Crippen LogP contribution in [0.25, 0.3) is 0 Å². The Labute approximate surface area is 145 Å². The Morgan fingerprint density at radius 1 is 1.32 bits per heavy atom. The maximum atomic E-state index is 11.9. The van der Waals surface area contributed by atoms with E-state index in [-0.39, 0.29) is 36.6 Å². The number of nitrogens with one attached hydrogen (secondary N) is 2. The van der Waals surface area contributed by atoms with Crippen LogP contribution in [-0.2, 0) is 4.79 Å². The van der Waals surface area contributed by atoms with E-state index >= 15 is 0 Å². The smallest absolute Gasteiger partial charge is 0.224 e. The van der Waals surface area contributed by atoms with Gasteiger partial charge in [0.25, 0.3) is 0 Å². The SMILES string of the molecule is CCN(CCCNC(=O)C1CCNC1)c1ccccc1.Cl.Cl. The van der Waals surface area contributed by atoms with E-state index in [1.54, 1.807) is 0 Å². The number of anilines is 1. The quantitative estimate of drug-likeness (QED) is 0.744. The van der Waals surface area contributed by atoms with E-state index in [4.69, 9.17) is 0 Å². The molecule has 6 heteroatoms. The molecule has 1 saturated heterocycles. The third-order valence-corrected chi connectivity index (χ3v) is 3.84. The van der Waals surface area contributed by atoms with Gasteiger partial charge in [-0.15, -0.1) is 24.8 Å². The summed E-state index contributed by atoms with van der Waals surface area (Å²) in [5, 5.41) is 6.27. The third-order valence-electron chi connectivity index (χ3n) is 3.84. The monoisotopic (exact) mass is 347 g/mol. The Kier molecular flexibility index (Phi) is 11.1. The Hall–Kier alpha value is -0.970. The molecule has 2 rings (SSSR count). The third kappa shape index (κ3) is 6.42. The predicted octanol–water partition coefficient (Wildman–Crippen LogP) is 2.47. The minimum absolute atomic E-state index is 0. The van der Waals surface area contributed by atoms with Gasteiger partial charge in [-0.2, -0.15) is 0 Å². The van der Waals surface area contributed by atoms with Gasteiger partial charge in [0.05, 0.1) is 5.92 Å². The summed E-state index contributed by atoms with van der Waals surface area (Å²) in [5.74, 6) is 0.379. The highest BCUT2D eigenvalue weighted by Crippen LogP contribution is 2.13. The number of halogens is 2. The van der Waals surface area contributed by atoms with Crippen LogP contribution in [-0.4, -0.2) is 38.6 Å². The topological polar surface area (TPSA) is 44.4 Å². The number of carbonyl (C=O) groups is 1. The van der Waals surface area contributed by atoms with Gasteiger partial charge in [0, 0.05) is 31.9 Å². The van der Waals surface area contributed by atoms with E-state index in [0.29, 0.717) is 0 Å². The first-order chi connectivity index (χ1) is 9.81. The molecule has 1 aliphatic heterocycles. The number of nitrogens with zero attached hydrogens (tertiary/aromatic N) is 1. The number of amides is 1. The molecule has 0 bridgehead atoms. The van der Waals surface area contributed by atoms with Gasteiger partial charge < -0.3 is 15.5 Å². The van der Waals surface area contributed by atoms with Crippen LogP contribution in [0.3, 0.4) is 0 Å². The zero-order chi connectivity index (χ0) is 14.2. The molecule has 2 N–H and O–H groups in total. The van der Waals surface area contributed by atoms with E-state index in [1.807, 2.05) is 6.07 Å². The van der Waals surface area contributed by atoms with Gasteiger partial charge in [-0.1, -0.05) is 18.2 Å². The lowest BCUT2D eigenvalue weighted by atomic mass is 10.1. The van der Waals surface area contributed by atoms with Crippen molar-refractivity contribution < 1.29 is 4.79 Å². The highest BCUT2D eigenvalue weighted by molar-refractivity contribution is 5.85. The van der Waals surface area contributed by atoms with Gasteiger partial charge in [0.1, 0.15) is 0 Å². The predicted molar refractivity (Wildman–Crippen MR) is 97.4 cm³/mol. The zero-order valence-electron chi connectivity index (χ0n) is 13.1. The molecule has 1 aromatic carbocycles. The van der Waals surface area contributed by atoms with Gasteiger partial charge in [-0.3, -0.25) is 4.79 Å². The van der Waals surface area contributed by atoms with Crippen LogP contribution in [0.15, 0.2) is 30.3 Å². The highest BCUT2D eigenvalue weighted by atomic mass is 35.5. The van der Waals surface area contributed by atoms with Crippen molar-refractivity contribution in [2.24, 2.45) is 5.92 Å². The minimum atomic E-state index is 0. The fraction of sp³-hybridized carbons (Fsp3) is 0.562. The van der Waals surface area contributed by atoms with Crippen LogP contribution in [0.1, 0.15) is 19.8 Å². The molecule has 1 aromatic rings. The summed E-state index contributed by atoms with van der Waals surface area (Å²) < 4.78 is 0. The number of hydrogen-bond donors (Lipinski definition) is 2. The van der Waals surface area contributed by atoms with E-state index in [1.165, 1.54) is 5.69 Å². The molecular weight excluding hydrogens is 321 g/mol. The van der Waals surface area contributed by atoms with Crippen LogP contribution in [0.4, 0.5) is 5.69 Å². The molecule has 1 amide bonds. The van der Waals surface area contributed by atoms with Crippen molar-refractivity contribution in [3.8, 4) is 0 Å². The molecule has 4 nitrogen and oxygen atoms in total. The van der Waals surface area contributed by atoms with Crippen molar-refractivity contribution in [1.82, 2.24) is 10.6 Å². The number of para-hydroxylation sites is 1. The second kappa shape index (κ2) is 11.6. The van der Waals surface area contributed by atoms with Crippen LogP contribution in [0.2, 0.25) is 0 Å². The van der Waals surface area contributed by atoms with Crippen LogP contribution < -0.4 is 15.5 Å². The zero-order valence-corrected chi connectivity index (χ0v) is 14.7. The lowest BCUT2D eigenvalue weighted by molar-refractivity contribution is -0.124. The van der Waals surface area contributed by atoms with Gasteiger partial charge >= 0.3 is 0 Å². The second-order valence-corrected chi connectivity index (χ2v) is 5.25. The lowest BCUT2D eigenvalue weighted by Gasteiger charge is -2.23. The summed E-state index contributed by atoms with van der Waals surface area (Å²) in [6, 6.07) is 10.4. The fourth-order valence-electron chi connectivity index (χ4n) is 2.61. The number of hydrogen-bond acceptors (Lipinski definition) is 3. The number of benzene rings is 1. The maximum Gasteiger partial charge on any atom is 0.224 e. The van der Waals surface area contributed by atoms with Crippen molar-refractivity contribution in [3.05, 3.63) is 30.3 Å². The van der Waals surface area contributed by atoms with Crippen molar-refractivity contribution in [1.29, 1.82) is 0 Å². The van der Waals surface area contributed by atoms with Crippen LogP contribution in [0, 0.1) is 5.92 Å². The van der Waals surface area contributed by atoms with Gasteiger partial charge in [-0.05, 0) is 38.4 Å². The summed E-state index contributed by atoms with van der Waals surface area (Å²) in [6.45, 7) is 6.69. The molecule has 0 saturated carbocycles. The molecule has 126 valence electrons. The number of carbonyl (C=O) groups excluding carboxylic acids is 1. The van der Waals surface area contributed by atoms with Crippen LogP contribution in [0.5, 0.6) is 0 Å². The largest absolute Gasteiger partial charge is 0.372 e. The number of rotatable bonds is 7. The Bertz CT molecular complexity index is 411. The van der Waals surface area contributed by atoms with Crippen LogP contribution >= 0.6 is 24.8 Å². The molecule has 1 heterocycles. The van der Waals surface area contributed by atoms with Crippen molar-refractivity contribution in [3.63, 3.8) is 0 Å². The summed E-state index contributed by atoms with van der Waals surface area (Å²) in [6.07, 6.45) is 1.95. The second-order valence-electron chi connectivity index (χ2n) is 5.25. The first-order valence-electron chi connectivity index (χ1n) is 7.59. The van der Waals surface area contributed by atoms with Crippen molar-refractivity contribution >= 4 is 36.4 Å². The molecule has 22 heavy (non-hydrogen) atoms. The molecule has 1 atom stereocenters. The molecule has 0 spiro atoms. The van der Waals surface area contributed by atoms with Crippen molar-refractivity contribution in [2.75, 3.05) is 37.6 Å². The standard InChI is InChI=1S/C16H25N3O.2ClH/c1-2-19(15-7-4-3-5-8-15)12-6-10-18-16(20)14-9-11-17-13-14;;/h3-5,7-8,14,17H,2,6,9-13H2,1H3,(H,18,20);2*1H. The van der Waals surface area contributed by atoms with E-state index < -0.39 is 0 Å². The first kappa shape index (κ1) is 21.0.